The molecule has 4 rings (SSSR count). The Labute approximate surface area is 170 Å². The van der Waals surface area contributed by atoms with Gasteiger partial charge < -0.3 is 16.5 Å². The van der Waals surface area contributed by atoms with Crippen molar-refractivity contribution in [3.05, 3.63) is 70.9 Å². The summed E-state index contributed by atoms with van der Waals surface area (Å²) in [6.45, 7) is 4.69. The van der Waals surface area contributed by atoms with Crippen molar-refractivity contribution in [1.29, 1.82) is 0 Å². The lowest BCUT2D eigenvalue weighted by atomic mass is 10.1. The number of carbonyl (C=O) groups excluding carboxylic acids is 1. The molecule has 150 valence electrons. The maximum absolute atomic E-state index is 12.4. The Morgan fingerprint density at radius 3 is 2.66 bits per heavy atom. The fraction of sp³-hybridized carbons (Fsp3) is 0.273. The molecule has 3 aromatic rings. The summed E-state index contributed by atoms with van der Waals surface area (Å²) in [6.07, 6.45) is 3.79. The Bertz CT molecular complexity index is 1020. The van der Waals surface area contributed by atoms with Crippen molar-refractivity contribution in [3.63, 3.8) is 0 Å². The fourth-order valence-electron chi connectivity index (χ4n) is 3.07. The lowest BCUT2D eigenvalue weighted by Gasteiger charge is -2.12. The number of nitrogens with zero attached hydrogens (tertiary/aromatic N) is 2. The average molecular weight is 390 g/mol. The van der Waals surface area contributed by atoms with Crippen molar-refractivity contribution in [1.82, 2.24) is 20.5 Å². The van der Waals surface area contributed by atoms with Gasteiger partial charge in [0.1, 0.15) is 5.69 Å². The molecule has 1 aromatic heterocycles. The average Bonchev–Trinajstić information content (AvgIpc) is 3.45. The molecule has 2 aromatic carbocycles. The van der Waals surface area contributed by atoms with Gasteiger partial charge in [0.2, 0.25) is 0 Å². The zero-order valence-corrected chi connectivity index (χ0v) is 16.7. The van der Waals surface area contributed by atoms with Crippen molar-refractivity contribution in [3.8, 4) is 5.69 Å². The van der Waals surface area contributed by atoms with E-state index in [1.807, 2.05) is 25.1 Å². The molecule has 0 spiro atoms. The van der Waals surface area contributed by atoms with Crippen molar-refractivity contribution < 1.29 is 4.79 Å². The number of aromatic nitrogens is 2. The third-order valence-corrected chi connectivity index (χ3v) is 5.05. The van der Waals surface area contributed by atoms with Crippen molar-refractivity contribution in [2.75, 3.05) is 11.2 Å². The van der Waals surface area contributed by atoms with Crippen molar-refractivity contribution >= 4 is 17.4 Å². The number of nitrogens with one attached hydrogen (secondary N) is 3. The van der Waals surface area contributed by atoms with Gasteiger partial charge in [-0.25, -0.2) is 10.1 Å². The Morgan fingerprint density at radius 1 is 1.17 bits per heavy atom. The summed E-state index contributed by atoms with van der Waals surface area (Å²) < 4.78 is 1.65. The predicted octanol–water partition coefficient (Wildman–Crippen LogP) is 3.08. The first-order valence-corrected chi connectivity index (χ1v) is 9.81. The van der Waals surface area contributed by atoms with Gasteiger partial charge in [0.05, 0.1) is 11.9 Å². The Morgan fingerprint density at radius 2 is 1.93 bits per heavy atom. The highest BCUT2D eigenvalue weighted by atomic mass is 16.1. The highest BCUT2D eigenvalue weighted by Crippen LogP contribution is 2.25. The number of hydrogen-bond donors (Lipinski definition) is 4. The van der Waals surface area contributed by atoms with Gasteiger partial charge in [-0.05, 0) is 49.9 Å². The smallest absolute Gasteiger partial charge is 0.251 e. The van der Waals surface area contributed by atoms with E-state index >= 15 is 0 Å². The van der Waals surface area contributed by atoms with Crippen LogP contribution in [0.5, 0.6) is 0 Å². The largest absolute Gasteiger partial charge is 0.382 e. The van der Waals surface area contributed by atoms with Crippen LogP contribution in [0, 0.1) is 13.8 Å². The highest BCUT2D eigenvalue weighted by molar-refractivity contribution is 5.95. The van der Waals surface area contributed by atoms with E-state index < -0.39 is 0 Å². The number of carbonyl (C=O) groups is 1. The van der Waals surface area contributed by atoms with Crippen LogP contribution in [0.3, 0.4) is 0 Å². The summed E-state index contributed by atoms with van der Waals surface area (Å²) in [5.41, 5.74) is 18.1. The van der Waals surface area contributed by atoms with E-state index in [0.717, 1.165) is 24.1 Å². The molecule has 29 heavy (non-hydrogen) atoms. The molecular weight excluding hydrogens is 364 g/mol. The summed E-state index contributed by atoms with van der Waals surface area (Å²) in [5, 5.41) is 7.43. The zero-order chi connectivity index (χ0) is 20.4. The third-order valence-electron chi connectivity index (χ3n) is 5.05. The first-order valence-electron chi connectivity index (χ1n) is 9.81. The van der Waals surface area contributed by atoms with Crippen LogP contribution in [-0.2, 0) is 6.54 Å². The van der Waals surface area contributed by atoms with Crippen LogP contribution in [-0.4, -0.2) is 21.7 Å². The first-order chi connectivity index (χ1) is 14.0. The number of anilines is 2. The molecule has 1 saturated carbocycles. The van der Waals surface area contributed by atoms with E-state index in [-0.39, 0.29) is 5.91 Å². The van der Waals surface area contributed by atoms with Gasteiger partial charge in [-0.3, -0.25) is 4.79 Å². The van der Waals surface area contributed by atoms with Crippen LogP contribution in [0.4, 0.5) is 11.5 Å². The van der Waals surface area contributed by atoms with Gasteiger partial charge in [0, 0.05) is 18.2 Å². The van der Waals surface area contributed by atoms with Gasteiger partial charge in [-0.15, -0.1) is 0 Å². The Kier molecular flexibility index (Phi) is 5.22. The van der Waals surface area contributed by atoms with Crippen molar-refractivity contribution in [2.45, 2.75) is 39.3 Å². The quantitative estimate of drug-likeness (QED) is 0.465. The fourth-order valence-corrected chi connectivity index (χ4v) is 3.07. The molecule has 7 heteroatoms. The zero-order valence-electron chi connectivity index (χ0n) is 16.7. The predicted molar refractivity (Wildman–Crippen MR) is 115 cm³/mol. The number of hydrazine groups is 1. The second-order valence-electron chi connectivity index (χ2n) is 7.57. The van der Waals surface area contributed by atoms with Crippen LogP contribution < -0.4 is 21.9 Å². The lowest BCUT2D eigenvalue weighted by Crippen LogP contribution is -2.25. The third kappa shape index (κ3) is 4.41. The summed E-state index contributed by atoms with van der Waals surface area (Å²) in [6, 6.07) is 14.2. The summed E-state index contributed by atoms with van der Waals surface area (Å²) in [4.78, 5) is 12.4. The SMILES string of the molecule is Cc1ccc(CNNc2cnn(-c3cc(C(=O)NC4CC4)ccc3C)c2N)cc1. The monoisotopic (exact) mass is 390 g/mol. The second-order valence-corrected chi connectivity index (χ2v) is 7.57. The van der Waals surface area contributed by atoms with E-state index in [1.54, 1.807) is 10.9 Å². The minimum atomic E-state index is -0.0578. The van der Waals surface area contributed by atoms with Gasteiger partial charge in [0.15, 0.2) is 5.82 Å². The van der Waals surface area contributed by atoms with Crippen LogP contribution in [0.15, 0.2) is 48.7 Å². The minimum Gasteiger partial charge on any atom is -0.382 e. The molecule has 0 aliphatic heterocycles. The van der Waals surface area contributed by atoms with E-state index in [9.17, 15) is 4.79 Å². The summed E-state index contributed by atoms with van der Waals surface area (Å²) in [7, 11) is 0. The molecule has 0 saturated heterocycles. The molecule has 1 amide bonds. The standard InChI is InChI=1S/C22H26N6O/c1-14-3-6-16(7-4-14)12-24-27-19-13-25-28(21(19)23)20-11-17(8-5-15(20)2)22(29)26-18-9-10-18/h3-8,11,13,18,24,27H,9-10,12,23H2,1-2H3,(H,26,29). The summed E-state index contributed by atoms with van der Waals surface area (Å²) >= 11 is 0. The van der Waals surface area contributed by atoms with E-state index in [2.05, 4.69) is 52.5 Å². The normalized spacial score (nSPS) is 13.3. The molecule has 0 atom stereocenters. The topological polar surface area (TPSA) is 97.0 Å². The molecule has 1 aliphatic rings. The maximum atomic E-state index is 12.4. The van der Waals surface area contributed by atoms with Crippen LogP contribution >= 0.6 is 0 Å². The highest BCUT2D eigenvalue weighted by Gasteiger charge is 2.24. The number of nitrogen functional groups attached to an aromatic ring is 1. The Hall–Kier alpha value is -3.32. The molecule has 1 aliphatic carbocycles. The van der Waals surface area contributed by atoms with Crippen LogP contribution in [0.25, 0.3) is 5.69 Å². The minimum absolute atomic E-state index is 0.0578. The second kappa shape index (κ2) is 7.97. The number of nitrogens with two attached hydrogens (primary N) is 1. The van der Waals surface area contributed by atoms with Gasteiger partial charge in [-0.2, -0.15) is 5.10 Å². The molecular formula is C22H26N6O. The molecule has 0 bridgehead atoms. The van der Waals surface area contributed by atoms with Gasteiger partial charge >= 0.3 is 0 Å². The van der Waals surface area contributed by atoms with Crippen LogP contribution in [0.2, 0.25) is 0 Å². The van der Waals surface area contributed by atoms with E-state index in [4.69, 9.17) is 5.73 Å². The number of amides is 1. The summed E-state index contributed by atoms with van der Waals surface area (Å²) in [5.74, 6) is 0.418. The number of rotatable bonds is 7. The molecule has 1 heterocycles. The molecule has 7 nitrogen and oxygen atoms in total. The van der Waals surface area contributed by atoms with E-state index in [0.29, 0.717) is 29.7 Å². The number of benzene rings is 2. The van der Waals surface area contributed by atoms with Gasteiger partial charge in [0.25, 0.3) is 5.91 Å². The number of aryl methyl sites for hydroxylation is 2. The van der Waals surface area contributed by atoms with Crippen molar-refractivity contribution in [2.24, 2.45) is 0 Å². The molecule has 0 radical (unpaired) electrons. The van der Waals surface area contributed by atoms with Crippen LogP contribution in [0.1, 0.15) is 39.9 Å². The lowest BCUT2D eigenvalue weighted by molar-refractivity contribution is 0.0951. The molecule has 5 N–H and O–H groups in total. The van der Waals surface area contributed by atoms with E-state index in [1.165, 1.54) is 11.1 Å². The molecule has 0 unspecified atom stereocenters. The van der Waals surface area contributed by atoms with Gasteiger partial charge in [-0.1, -0.05) is 35.9 Å². The Balaban J connectivity index is 1.47. The molecule has 1 fully saturated rings. The maximum Gasteiger partial charge on any atom is 0.251 e. The number of hydrogen-bond acceptors (Lipinski definition) is 5. The first kappa shape index (κ1) is 19.0.